The summed E-state index contributed by atoms with van der Waals surface area (Å²) in [6.45, 7) is 3.68. The van der Waals surface area contributed by atoms with Gasteiger partial charge in [0.15, 0.2) is 5.78 Å². The Balaban J connectivity index is -0.000000180. The molecule has 0 fully saturated rings. The van der Waals surface area contributed by atoms with Crippen molar-refractivity contribution >= 4 is 5.78 Å². The van der Waals surface area contributed by atoms with Gasteiger partial charge in [0.1, 0.15) is 0 Å². The van der Waals surface area contributed by atoms with E-state index < -0.39 is 0 Å². The van der Waals surface area contributed by atoms with Crippen molar-refractivity contribution < 1.29 is 34.4 Å². The molecule has 0 aliphatic carbocycles. The summed E-state index contributed by atoms with van der Waals surface area (Å²) >= 11 is 0. The third kappa shape index (κ3) is 11.8. The van der Waals surface area contributed by atoms with Crippen LogP contribution >= 0.6 is 0 Å². The van der Waals surface area contributed by atoms with Crippen molar-refractivity contribution in [3.05, 3.63) is 20.1 Å². The Labute approximate surface area is 79.0 Å². The summed E-state index contributed by atoms with van der Waals surface area (Å²) in [5, 5.41) is 2.70. The van der Waals surface area contributed by atoms with Crippen LogP contribution in [0.2, 0.25) is 0 Å². The molecule has 3 heteroatoms. The number of hydrogen-bond donors (Lipinski definition) is 1. The molecule has 1 N–H and O–H groups in total. The summed E-state index contributed by atoms with van der Waals surface area (Å²) in [5.41, 5.74) is 0. The van der Waals surface area contributed by atoms with Gasteiger partial charge in [-0.1, -0.05) is 6.58 Å². The topological polar surface area (TPSA) is 29.1 Å². The van der Waals surface area contributed by atoms with Crippen molar-refractivity contribution in [3.63, 3.8) is 0 Å². The summed E-state index contributed by atoms with van der Waals surface area (Å²) in [6.07, 6.45) is 1.30. The standard InChI is InChI=1S/C5H9NO.CH3.Na/c1-3-5(7)4-6-2;;/h3,6H,1,4H2,2H3;1H3;/q;-1;+1. The van der Waals surface area contributed by atoms with E-state index in [1.165, 1.54) is 6.08 Å². The summed E-state index contributed by atoms with van der Waals surface area (Å²) < 4.78 is 0. The zero-order valence-electron chi connectivity index (χ0n) is 6.40. The van der Waals surface area contributed by atoms with Gasteiger partial charge < -0.3 is 12.7 Å². The fraction of sp³-hybridized carbons (Fsp3) is 0.333. The van der Waals surface area contributed by atoms with Crippen LogP contribution in [0.25, 0.3) is 0 Å². The first-order valence-corrected chi connectivity index (χ1v) is 2.11. The zero-order valence-corrected chi connectivity index (χ0v) is 8.40. The molecular formula is C6H12NNaO. The Hall–Kier alpha value is 0.370. The van der Waals surface area contributed by atoms with Gasteiger partial charge in [-0.15, -0.1) is 0 Å². The third-order valence-electron chi connectivity index (χ3n) is 0.579. The van der Waals surface area contributed by atoms with Gasteiger partial charge in [0.2, 0.25) is 0 Å². The number of hydrogen-bond acceptors (Lipinski definition) is 2. The monoisotopic (exact) mass is 137 g/mol. The van der Waals surface area contributed by atoms with E-state index in [9.17, 15) is 4.79 Å². The van der Waals surface area contributed by atoms with Crippen molar-refractivity contribution in [2.24, 2.45) is 0 Å². The van der Waals surface area contributed by atoms with Crippen molar-refractivity contribution in [2.75, 3.05) is 13.6 Å². The molecule has 0 bridgehead atoms. The van der Waals surface area contributed by atoms with E-state index in [0.29, 0.717) is 6.54 Å². The van der Waals surface area contributed by atoms with Crippen LogP contribution in [0.4, 0.5) is 0 Å². The number of ketones is 1. The molecule has 0 rings (SSSR count). The van der Waals surface area contributed by atoms with Crippen LogP contribution in [0.1, 0.15) is 0 Å². The van der Waals surface area contributed by atoms with Crippen LogP contribution < -0.4 is 34.9 Å². The SMILES string of the molecule is C=CC(=O)CNC.[CH3-].[Na+]. The minimum atomic E-state index is 0. The maximum atomic E-state index is 10.2. The van der Waals surface area contributed by atoms with Crippen molar-refractivity contribution in [3.8, 4) is 0 Å². The molecule has 9 heavy (non-hydrogen) atoms. The smallest absolute Gasteiger partial charge is 0.358 e. The molecular weight excluding hydrogens is 125 g/mol. The fourth-order valence-corrected chi connectivity index (χ4v) is 0.246. The van der Waals surface area contributed by atoms with Gasteiger partial charge in [0.25, 0.3) is 0 Å². The zero-order chi connectivity index (χ0) is 5.70. The largest absolute Gasteiger partial charge is 1.00 e. The van der Waals surface area contributed by atoms with E-state index in [2.05, 4.69) is 11.9 Å². The molecule has 0 amide bonds. The van der Waals surface area contributed by atoms with Crippen LogP contribution in [-0.4, -0.2) is 19.4 Å². The first-order chi connectivity index (χ1) is 3.31. The van der Waals surface area contributed by atoms with Gasteiger partial charge in [-0.05, 0) is 13.1 Å². The summed E-state index contributed by atoms with van der Waals surface area (Å²) in [4.78, 5) is 10.2. The molecule has 0 aromatic carbocycles. The molecule has 0 aliphatic rings. The van der Waals surface area contributed by atoms with Crippen LogP contribution in [0.5, 0.6) is 0 Å². The van der Waals surface area contributed by atoms with Crippen LogP contribution in [0.15, 0.2) is 12.7 Å². The molecule has 0 aliphatic heterocycles. The predicted octanol–water partition coefficient (Wildman–Crippen LogP) is -2.58. The average molecular weight is 137 g/mol. The second-order valence-corrected chi connectivity index (χ2v) is 1.20. The quantitative estimate of drug-likeness (QED) is 0.263. The Morgan fingerprint density at radius 3 is 2.33 bits per heavy atom. The Bertz CT molecular complexity index is 83.1. The van der Waals surface area contributed by atoms with Crippen LogP contribution in [0.3, 0.4) is 0 Å². The molecule has 0 atom stereocenters. The predicted molar refractivity (Wildman–Crippen MR) is 35.5 cm³/mol. The van der Waals surface area contributed by atoms with Gasteiger partial charge in [-0.2, -0.15) is 0 Å². The molecule has 0 heterocycles. The number of nitrogens with one attached hydrogen (secondary N) is 1. The molecule has 2 nitrogen and oxygen atoms in total. The van der Waals surface area contributed by atoms with Gasteiger partial charge in [-0.3, -0.25) is 4.79 Å². The first kappa shape index (κ1) is 16.2. The second kappa shape index (κ2) is 11.2. The molecule has 0 unspecified atom stereocenters. The van der Waals surface area contributed by atoms with Gasteiger partial charge in [-0.25, -0.2) is 0 Å². The molecule has 0 aromatic rings. The Morgan fingerprint density at radius 2 is 2.22 bits per heavy atom. The summed E-state index contributed by atoms with van der Waals surface area (Å²) in [7, 11) is 1.72. The molecule has 48 valence electrons. The molecule has 0 radical (unpaired) electrons. The molecule has 0 spiro atoms. The Morgan fingerprint density at radius 1 is 1.78 bits per heavy atom. The first-order valence-electron chi connectivity index (χ1n) is 2.11. The van der Waals surface area contributed by atoms with E-state index in [-0.39, 0.29) is 42.8 Å². The van der Waals surface area contributed by atoms with E-state index in [1.54, 1.807) is 7.05 Å². The number of carbonyl (C=O) groups is 1. The normalized spacial score (nSPS) is 6.33. The third-order valence-corrected chi connectivity index (χ3v) is 0.579. The van der Waals surface area contributed by atoms with Gasteiger partial charge in [0.05, 0.1) is 6.54 Å². The van der Waals surface area contributed by atoms with Crippen molar-refractivity contribution in [1.29, 1.82) is 0 Å². The maximum absolute atomic E-state index is 10.2. The van der Waals surface area contributed by atoms with Gasteiger partial charge in [0, 0.05) is 0 Å². The van der Waals surface area contributed by atoms with E-state index in [0.717, 1.165) is 0 Å². The Kier molecular flexibility index (Phi) is 20.1. The van der Waals surface area contributed by atoms with Crippen LogP contribution in [0, 0.1) is 7.43 Å². The van der Waals surface area contributed by atoms with Gasteiger partial charge >= 0.3 is 29.6 Å². The van der Waals surface area contributed by atoms with E-state index in [4.69, 9.17) is 0 Å². The minimum absolute atomic E-state index is 0. The minimum Gasteiger partial charge on any atom is -0.358 e. The maximum Gasteiger partial charge on any atom is 1.00 e. The number of rotatable bonds is 3. The molecule has 0 saturated carbocycles. The number of carbonyl (C=O) groups excluding carboxylic acids is 1. The fourth-order valence-electron chi connectivity index (χ4n) is 0.246. The molecule has 0 aromatic heterocycles. The van der Waals surface area contributed by atoms with Crippen LogP contribution in [-0.2, 0) is 4.79 Å². The summed E-state index contributed by atoms with van der Waals surface area (Å²) in [5.74, 6) is 0.0301. The summed E-state index contributed by atoms with van der Waals surface area (Å²) in [6, 6.07) is 0. The van der Waals surface area contributed by atoms with Crippen molar-refractivity contribution in [1.82, 2.24) is 5.32 Å². The van der Waals surface area contributed by atoms with E-state index in [1.807, 2.05) is 0 Å². The molecule has 0 saturated heterocycles. The second-order valence-electron chi connectivity index (χ2n) is 1.20. The average Bonchev–Trinajstić information content (AvgIpc) is 1.68. The van der Waals surface area contributed by atoms with Crippen molar-refractivity contribution in [2.45, 2.75) is 0 Å². The number of likely N-dealkylation sites (N-methyl/N-ethyl adjacent to an activating group) is 1. The van der Waals surface area contributed by atoms with E-state index >= 15 is 0 Å².